The van der Waals surface area contributed by atoms with Gasteiger partial charge in [-0.15, -0.1) is 6.58 Å². The number of halogens is 2. The lowest BCUT2D eigenvalue weighted by Crippen LogP contribution is -2.06. The molecular weight excluding hydrogens is 342 g/mol. The zero-order valence-corrected chi connectivity index (χ0v) is 16.5. The van der Waals surface area contributed by atoms with Gasteiger partial charge in [0, 0.05) is 5.56 Å². The first-order valence-electron chi connectivity index (χ1n) is 10.2. The predicted molar refractivity (Wildman–Crippen MR) is 110 cm³/mol. The molecule has 1 atom stereocenters. The molecule has 0 heterocycles. The Morgan fingerprint density at radius 1 is 1.15 bits per heavy atom. The van der Waals surface area contributed by atoms with Crippen LogP contribution in [0.2, 0.25) is 0 Å². The molecule has 0 aromatic heterocycles. The lowest BCUT2D eigenvalue weighted by Gasteiger charge is -2.20. The summed E-state index contributed by atoms with van der Waals surface area (Å²) in [5.41, 5.74) is 1.27. The second-order valence-corrected chi connectivity index (χ2v) is 7.21. The number of hydrogen-bond donors (Lipinski definition) is 0. The van der Waals surface area contributed by atoms with Crippen LogP contribution in [0.1, 0.15) is 70.3 Å². The Bertz CT molecular complexity index is 661. The van der Waals surface area contributed by atoms with Crippen LogP contribution >= 0.6 is 0 Å². The van der Waals surface area contributed by atoms with Gasteiger partial charge in [0.1, 0.15) is 0 Å². The molecule has 1 aliphatic rings. The molecule has 0 spiro atoms. The van der Waals surface area contributed by atoms with Crippen molar-refractivity contribution in [2.45, 2.75) is 64.7 Å². The molecule has 0 radical (unpaired) electrons. The van der Waals surface area contributed by atoms with Crippen molar-refractivity contribution in [3.05, 3.63) is 60.2 Å². The van der Waals surface area contributed by atoms with Gasteiger partial charge in [0.05, 0.1) is 6.61 Å². The van der Waals surface area contributed by atoms with Gasteiger partial charge in [0.25, 0.3) is 0 Å². The van der Waals surface area contributed by atoms with Crippen molar-refractivity contribution in [2.75, 3.05) is 6.61 Å². The second-order valence-electron chi connectivity index (χ2n) is 7.21. The van der Waals surface area contributed by atoms with E-state index in [4.69, 9.17) is 4.74 Å². The minimum Gasteiger partial charge on any atom is -0.490 e. The van der Waals surface area contributed by atoms with E-state index in [0.29, 0.717) is 18.1 Å². The third kappa shape index (κ3) is 6.64. The molecule has 0 saturated carbocycles. The van der Waals surface area contributed by atoms with Crippen LogP contribution in [0.25, 0.3) is 5.57 Å². The number of allylic oxidation sites excluding steroid dienone is 5. The van der Waals surface area contributed by atoms with E-state index in [1.165, 1.54) is 0 Å². The Morgan fingerprint density at radius 3 is 2.70 bits per heavy atom. The molecule has 0 aliphatic heterocycles. The van der Waals surface area contributed by atoms with E-state index in [-0.39, 0.29) is 5.75 Å². The molecule has 1 aliphatic carbocycles. The van der Waals surface area contributed by atoms with Gasteiger partial charge >= 0.3 is 0 Å². The molecule has 2 rings (SSSR count). The first-order chi connectivity index (χ1) is 13.2. The quantitative estimate of drug-likeness (QED) is 0.286. The minimum atomic E-state index is -0.865. The highest BCUT2D eigenvalue weighted by Gasteiger charge is 2.20. The Morgan fingerprint density at radius 2 is 2.00 bits per heavy atom. The topological polar surface area (TPSA) is 9.23 Å². The third-order valence-corrected chi connectivity index (χ3v) is 5.05. The second kappa shape index (κ2) is 11.7. The van der Waals surface area contributed by atoms with Crippen molar-refractivity contribution in [1.29, 1.82) is 0 Å². The number of rotatable bonds is 11. The maximum Gasteiger partial charge on any atom is 0.201 e. The van der Waals surface area contributed by atoms with Crippen molar-refractivity contribution >= 4 is 5.57 Å². The van der Waals surface area contributed by atoms with Gasteiger partial charge in [-0.25, -0.2) is 4.39 Å². The lowest BCUT2D eigenvalue weighted by molar-refractivity contribution is 0.285. The van der Waals surface area contributed by atoms with Crippen LogP contribution in [0.15, 0.2) is 43.0 Å². The standard InChI is InChI=1S/C24H32F2O/c1-3-5-7-9-11-19-12-14-20(15-13-19)21-16-17-22(24(26)23(21)25)27-18-10-8-6-4-2/h3,9,11,14,16-17,19H,1,4-8,10,12-13,15,18H2,2H3/b11-9+. The van der Waals surface area contributed by atoms with E-state index in [0.717, 1.165) is 63.4 Å². The first-order valence-corrected chi connectivity index (χ1v) is 10.2. The summed E-state index contributed by atoms with van der Waals surface area (Å²) in [6.45, 7) is 6.28. The smallest absolute Gasteiger partial charge is 0.201 e. The number of ether oxygens (including phenoxy) is 1. The Labute approximate surface area is 162 Å². The molecule has 148 valence electrons. The highest BCUT2D eigenvalue weighted by molar-refractivity contribution is 5.67. The van der Waals surface area contributed by atoms with Crippen LogP contribution in [0, 0.1) is 17.6 Å². The molecule has 3 heteroatoms. The van der Waals surface area contributed by atoms with Crippen LogP contribution in [0.3, 0.4) is 0 Å². The van der Waals surface area contributed by atoms with E-state index in [1.807, 2.05) is 6.08 Å². The summed E-state index contributed by atoms with van der Waals surface area (Å²) in [7, 11) is 0. The molecule has 0 saturated heterocycles. The number of hydrogen-bond acceptors (Lipinski definition) is 1. The Balaban J connectivity index is 1.95. The summed E-state index contributed by atoms with van der Waals surface area (Å²) in [6.07, 6.45) is 17.2. The van der Waals surface area contributed by atoms with Gasteiger partial charge in [0.15, 0.2) is 11.6 Å². The van der Waals surface area contributed by atoms with E-state index in [9.17, 15) is 8.78 Å². The molecule has 1 unspecified atom stereocenters. The minimum absolute atomic E-state index is 0.0205. The van der Waals surface area contributed by atoms with Crippen molar-refractivity contribution in [2.24, 2.45) is 5.92 Å². The van der Waals surface area contributed by atoms with E-state index in [1.54, 1.807) is 12.1 Å². The van der Waals surface area contributed by atoms with Crippen LogP contribution in [-0.4, -0.2) is 6.61 Å². The van der Waals surface area contributed by atoms with E-state index >= 15 is 0 Å². The van der Waals surface area contributed by atoms with E-state index < -0.39 is 11.6 Å². The first kappa shape index (κ1) is 21.4. The summed E-state index contributed by atoms with van der Waals surface area (Å²) in [5.74, 6) is -1.15. The van der Waals surface area contributed by atoms with Crippen LogP contribution in [0.4, 0.5) is 8.78 Å². The Hall–Kier alpha value is -1.90. The fraction of sp³-hybridized carbons (Fsp3) is 0.500. The lowest BCUT2D eigenvalue weighted by atomic mass is 9.86. The molecule has 0 N–H and O–H groups in total. The fourth-order valence-electron chi connectivity index (χ4n) is 3.38. The largest absolute Gasteiger partial charge is 0.490 e. The van der Waals surface area contributed by atoms with Crippen molar-refractivity contribution < 1.29 is 13.5 Å². The van der Waals surface area contributed by atoms with Crippen LogP contribution in [0.5, 0.6) is 5.75 Å². The highest BCUT2D eigenvalue weighted by Crippen LogP contribution is 2.34. The van der Waals surface area contributed by atoms with Crippen molar-refractivity contribution in [1.82, 2.24) is 0 Å². The van der Waals surface area contributed by atoms with Gasteiger partial charge in [0.2, 0.25) is 5.82 Å². The molecule has 27 heavy (non-hydrogen) atoms. The normalized spacial score (nSPS) is 17.1. The van der Waals surface area contributed by atoms with Gasteiger partial charge in [-0.3, -0.25) is 0 Å². The molecule has 0 amide bonds. The molecule has 1 nitrogen and oxygen atoms in total. The zero-order valence-electron chi connectivity index (χ0n) is 16.5. The summed E-state index contributed by atoms with van der Waals surface area (Å²) < 4.78 is 34.3. The van der Waals surface area contributed by atoms with E-state index in [2.05, 4.69) is 31.7 Å². The number of benzene rings is 1. The average Bonchev–Trinajstić information content (AvgIpc) is 2.69. The summed E-state index contributed by atoms with van der Waals surface area (Å²) in [5, 5.41) is 0. The van der Waals surface area contributed by atoms with Gasteiger partial charge in [-0.05, 0) is 62.1 Å². The SMILES string of the molecule is C=CCC/C=C/C1CC=C(c2ccc(OCCCCCC)c(F)c2F)CC1. The summed E-state index contributed by atoms with van der Waals surface area (Å²) >= 11 is 0. The maximum atomic E-state index is 14.5. The molecule has 1 aromatic carbocycles. The third-order valence-electron chi connectivity index (χ3n) is 5.05. The van der Waals surface area contributed by atoms with Gasteiger partial charge in [-0.1, -0.05) is 50.5 Å². The van der Waals surface area contributed by atoms with Crippen LogP contribution < -0.4 is 4.74 Å². The fourth-order valence-corrected chi connectivity index (χ4v) is 3.38. The van der Waals surface area contributed by atoms with Gasteiger partial charge in [-0.2, -0.15) is 4.39 Å². The van der Waals surface area contributed by atoms with Gasteiger partial charge < -0.3 is 4.74 Å². The Kier molecular flexibility index (Phi) is 9.30. The van der Waals surface area contributed by atoms with Crippen molar-refractivity contribution in [3.63, 3.8) is 0 Å². The molecule has 0 fully saturated rings. The monoisotopic (exact) mass is 374 g/mol. The number of unbranched alkanes of at least 4 members (excludes halogenated alkanes) is 4. The van der Waals surface area contributed by atoms with Crippen LogP contribution in [-0.2, 0) is 0 Å². The van der Waals surface area contributed by atoms with Crippen molar-refractivity contribution in [3.8, 4) is 5.75 Å². The summed E-state index contributed by atoms with van der Waals surface area (Å²) in [6, 6.07) is 3.22. The zero-order chi connectivity index (χ0) is 19.5. The maximum absolute atomic E-state index is 14.5. The molecule has 1 aromatic rings. The molecule has 0 bridgehead atoms. The predicted octanol–water partition coefficient (Wildman–Crippen LogP) is 7.63. The summed E-state index contributed by atoms with van der Waals surface area (Å²) in [4.78, 5) is 0. The average molecular weight is 375 g/mol. The highest BCUT2D eigenvalue weighted by atomic mass is 19.2. The molecular formula is C24H32F2O.